The van der Waals surface area contributed by atoms with Gasteiger partial charge in [0.05, 0.1) is 0 Å². The quantitative estimate of drug-likeness (QED) is 0.380. The Morgan fingerprint density at radius 2 is 1.85 bits per heavy atom. The molecule has 0 unspecified atom stereocenters. The fourth-order valence-electron chi connectivity index (χ4n) is 5.09. The van der Waals surface area contributed by atoms with Gasteiger partial charge in [0.2, 0.25) is 0 Å². The van der Waals surface area contributed by atoms with E-state index in [0.29, 0.717) is 28.9 Å². The normalized spacial score (nSPS) is 21.3. The van der Waals surface area contributed by atoms with Crippen molar-refractivity contribution in [2.75, 3.05) is 43.5 Å². The number of halogens is 1. The van der Waals surface area contributed by atoms with Crippen LogP contribution in [0.25, 0.3) is 22.2 Å². The summed E-state index contributed by atoms with van der Waals surface area (Å²) in [5.74, 6) is 1.59. The average Bonchev–Trinajstić information content (AvgIpc) is 3.24. The van der Waals surface area contributed by atoms with Crippen LogP contribution >= 0.6 is 10.6 Å². The van der Waals surface area contributed by atoms with Gasteiger partial charge < -0.3 is 15.2 Å². The van der Waals surface area contributed by atoms with Crippen LogP contribution in [-0.4, -0.2) is 62.2 Å². The first-order chi connectivity index (χ1) is 15.9. The molecular weight excluding hydrogens is 439 g/mol. The first-order valence-corrected chi connectivity index (χ1v) is 13.7. The molecule has 0 saturated carbocycles. The number of benzene rings is 1. The van der Waals surface area contributed by atoms with E-state index in [1.54, 1.807) is 12.3 Å². The molecule has 4 N–H and O–H groups in total. The molecule has 2 saturated heterocycles. The van der Waals surface area contributed by atoms with Crippen LogP contribution in [0.15, 0.2) is 36.5 Å². The second-order valence-corrected chi connectivity index (χ2v) is 12.1. The van der Waals surface area contributed by atoms with E-state index in [0.717, 1.165) is 67.6 Å². The maximum absolute atomic E-state index is 15.0. The van der Waals surface area contributed by atoms with E-state index in [1.165, 1.54) is 11.8 Å². The van der Waals surface area contributed by atoms with Crippen molar-refractivity contribution in [3.05, 3.63) is 48.0 Å². The van der Waals surface area contributed by atoms with Crippen LogP contribution in [0.1, 0.15) is 37.3 Å². The van der Waals surface area contributed by atoms with Crippen molar-refractivity contribution in [3.8, 4) is 11.1 Å². The fourth-order valence-corrected chi connectivity index (χ4v) is 6.71. The topological polar surface area (TPSA) is 84.4 Å². The lowest BCUT2D eigenvalue weighted by atomic mass is 9.93. The number of nitrogens with zero attached hydrogens (tertiary/aromatic N) is 2. The molecule has 8 heteroatoms. The standard InChI is InChI=1S/C25H33FN4O2S/c1-30-10-5-18(6-11-30)24-15-22-20(4-9-27-25(22)29-24)21-14-19(2-3-23(21)26)28-16-17-7-12-33(31,32)13-8-17/h2-4,9,14-15,17-18,28,31-32H,5-8,10-13,16H2,1H3,(H,27,29). The summed E-state index contributed by atoms with van der Waals surface area (Å²) in [7, 11) is -0.206. The van der Waals surface area contributed by atoms with Gasteiger partial charge in [0.15, 0.2) is 0 Å². The molecule has 0 atom stereocenters. The van der Waals surface area contributed by atoms with E-state index in [4.69, 9.17) is 0 Å². The van der Waals surface area contributed by atoms with Crippen molar-refractivity contribution in [1.29, 1.82) is 0 Å². The summed E-state index contributed by atoms with van der Waals surface area (Å²) in [6.07, 6.45) is 5.58. The van der Waals surface area contributed by atoms with Crippen LogP contribution in [0.4, 0.5) is 10.1 Å². The number of aromatic amines is 1. The van der Waals surface area contributed by atoms with Gasteiger partial charge in [-0.25, -0.2) is 9.37 Å². The Morgan fingerprint density at radius 1 is 1.09 bits per heavy atom. The summed E-state index contributed by atoms with van der Waals surface area (Å²) >= 11 is 0. The van der Waals surface area contributed by atoms with Gasteiger partial charge in [-0.3, -0.25) is 9.11 Å². The van der Waals surface area contributed by atoms with Crippen molar-refractivity contribution in [2.45, 2.75) is 31.6 Å². The molecule has 0 spiro atoms. The van der Waals surface area contributed by atoms with Gasteiger partial charge in [0, 0.05) is 52.5 Å². The number of aromatic nitrogens is 2. The highest BCUT2D eigenvalue weighted by atomic mass is 32.3. The predicted molar refractivity (Wildman–Crippen MR) is 135 cm³/mol. The Morgan fingerprint density at radius 3 is 2.61 bits per heavy atom. The molecule has 2 aromatic heterocycles. The van der Waals surface area contributed by atoms with Gasteiger partial charge in [-0.15, -0.1) is 0 Å². The van der Waals surface area contributed by atoms with Gasteiger partial charge >= 0.3 is 0 Å². The molecule has 178 valence electrons. The molecule has 3 aromatic rings. The van der Waals surface area contributed by atoms with Crippen molar-refractivity contribution >= 4 is 27.3 Å². The fraction of sp³-hybridized carbons (Fsp3) is 0.480. The lowest BCUT2D eigenvalue weighted by Crippen LogP contribution is -2.29. The number of rotatable bonds is 5. The number of nitrogens with one attached hydrogen (secondary N) is 2. The Bertz CT molecular complexity index is 1120. The van der Waals surface area contributed by atoms with E-state index < -0.39 is 10.6 Å². The molecule has 0 bridgehead atoms. The monoisotopic (exact) mass is 472 g/mol. The third kappa shape index (κ3) is 5.04. The van der Waals surface area contributed by atoms with E-state index in [-0.39, 0.29) is 5.82 Å². The van der Waals surface area contributed by atoms with E-state index in [1.807, 2.05) is 12.1 Å². The molecule has 6 nitrogen and oxygen atoms in total. The molecule has 2 aliphatic heterocycles. The lowest BCUT2D eigenvalue weighted by Gasteiger charge is -2.39. The minimum Gasteiger partial charge on any atom is -0.385 e. The number of hydrogen-bond acceptors (Lipinski definition) is 5. The minimum atomic E-state index is -2.37. The van der Waals surface area contributed by atoms with Crippen LogP contribution in [0.3, 0.4) is 0 Å². The number of likely N-dealkylation sites (tertiary alicyclic amines) is 1. The average molecular weight is 473 g/mol. The summed E-state index contributed by atoms with van der Waals surface area (Å²) in [5, 5.41) is 4.40. The lowest BCUT2D eigenvalue weighted by molar-refractivity contribution is 0.254. The first kappa shape index (κ1) is 22.7. The maximum atomic E-state index is 15.0. The molecule has 33 heavy (non-hydrogen) atoms. The van der Waals surface area contributed by atoms with Crippen molar-refractivity contribution < 1.29 is 13.5 Å². The highest BCUT2D eigenvalue weighted by Gasteiger charge is 2.24. The molecule has 1 aromatic carbocycles. The van der Waals surface area contributed by atoms with Gasteiger partial charge in [-0.1, -0.05) is 0 Å². The number of piperidine rings is 1. The number of H-pyrrole nitrogens is 1. The van der Waals surface area contributed by atoms with E-state index in [2.05, 4.69) is 33.3 Å². The molecule has 0 radical (unpaired) electrons. The van der Waals surface area contributed by atoms with Crippen LogP contribution in [0.5, 0.6) is 0 Å². The van der Waals surface area contributed by atoms with Crippen molar-refractivity contribution in [3.63, 3.8) is 0 Å². The zero-order valence-electron chi connectivity index (χ0n) is 19.1. The number of fused-ring (bicyclic) bond motifs is 1. The summed E-state index contributed by atoms with van der Waals surface area (Å²) in [5.41, 5.74) is 4.29. The van der Waals surface area contributed by atoms with E-state index in [9.17, 15) is 13.5 Å². The summed E-state index contributed by atoms with van der Waals surface area (Å²) < 4.78 is 34.6. The van der Waals surface area contributed by atoms with Crippen LogP contribution in [0, 0.1) is 11.7 Å². The van der Waals surface area contributed by atoms with Gasteiger partial charge in [-0.2, -0.15) is 10.6 Å². The number of hydrogen-bond donors (Lipinski definition) is 4. The number of pyridine rings is 1. The van der Waals surface area contributed by atoms with Gasteiger partial charge in [0.25, 0.3) is 0 Å². The first-order valence-electron chi connectivity index (χ1n) is 11.8. The van der Waals surface area contributed by atoms with Gasteiger partial charge in [0.1, 0.15) is 11.5 Å². The van der Waals surface area contributed by atoms with Crippen molar-refractivity contribution in [2.24, 2.45) is 5.92 Å². The van der Waals surface area contributed by atoms with Crippen LogP contribution < -0.4 is 5.32 Å². The molecule has 0 aliphatic carbocycles. The largest absolute Gasteiger partial charge is 0.385 e. The summed E-state index contributed by atoms with van der Waals surface area (Å²) in [6.45, 7) is 2.92. The highest BCUT2D eigenvalue weighted by molar-refractivity contribution is 8.24. The van der Waals surface area contributed by atoms with Crippen LogP contribution in [0.2, 0.25) is 0 Å². The number of anilines is 1. The van der Waals surface area contributed by atoms with Crippen molar-refractivity contribution in [1.82, 2.24) is 14.9 Å². The second-order valence-electron chi connectivity index (χ2n) is 9.65. The molecular formula is C25H33FN4O2S. The zero-order valence-corrected chi connectivity index (χ0v) is 19.9. The predicted octanol–water partition coefficient (Wildman–Crippen LogP) is 5.75. The highest BCUT2D eigenvalue weighted by Crippen LogP contribution is 2.45. The molecule has 4 heterocycles. The second kappa shape index (κ2) is 9.25. The molecule has 2 fully saturated rings. The third-order valence-corrected chi connectivity index (χ3v) is 9.05. The van der Waals surface area contributed by atoms with E-state index >= 15 is 0 Å². The molecule has 2 aliphatic rings. The Hall–Kier alpha value is -2.13. The van der Waals surface area contributed by atoms with Crippen LogP contribution in [-0.2, 0) is 0 Å². The zero-order chi connectivity index (χ0) is 23.0. The minimum absolute atomic E-state index is 0.248. The maximum Gasteiger partial charge on any atom is 0.138 e. The smallest absolute Gasteiger partial charge is 0.138 e. The Kier molecular flexibility index (Phi) is 6.35. The summed E-state index contributed by atoms with van der Waals surface area (Å²) in [6, 6.07) is 9.22. The molecule has 5 rings (SSSR count). The third-order valence-electron chi connectivity index (χ3n) is 7.27. The van der Waals surface area contributed by atoms with Gasteiger partial charge in [-0.05, 0) is 87.6 Å². The SMILES string of the molecule is CN1CCC(c2cc3c(-c4cc(NCC5CCS(O)(O)CC5)ccc4F)ccnc3[nH]2)CC1. The molecule has 0 amide bonds. The Balaban J connectivity index is 1.37. The Labute approximate surface area is 196 Å². The summed E-state index contributed by atoms with van der Waals surface area (Å²) in [4.78, 5) is 10.4.